The predicted molar refractivity (Wildman–Crippen MR) is 97.3 cm³/mol. The highest BCUT2D eigenvalue weighted by molar-refractivity contribution is 5.38. The van der Waals surface area contributed by atoms with Gasteiger partial charge in [-0.2, -0.15) is 0 Å². The van der Waals surface area contributed by atoms with Crippen LogP contribution >= 0.6 is 0 Å². The molecule has 0 aromatic carbocycles. The molecule has 0 aromatic rings. The Balaban J connectivity index is 1.70. The molecule has 1 spiro atoms. The van der Waals surface area contributed by atoms with Crippen LogP contribution in [0.1, 0.15) is 52.4 Å². The van der Waals surface area contributed by atoms with Crippen molar-refractivity contribution in [1.82, 2.24) is 5.06 Å². The molecule has 2 aliphatic carbocycles. The van der Waals surface area contributed by atoms with Gasteiger partial charge >= 0.3 is 0 Å². The fraction of sp³-hybridized carbons (Fsp3) is 0.714. The van der Waals surface area contributed by atoms with Crippen LogP contribution in [0, 0.1) is 17.3 Å². The zero-order valence-corrected chi connectivity index (χ0v) is 15.7. The second-order valence-corrected chi connectivity index (χ2v) is 8.54. The molecule has 2 heterocycles. The Morgan fingerprint density at radius 3 is 3.04 bits per heavy atom. The summed E-state index contributed by atoms with van der Waals surface area (Å²) < 4.78 is 6.44. The van der Waals surface area contributed by atoms with E-state index < -0.39 is 0 Å². The van der Waals surface area contributed by atoms with Gasteiger partial charge in [-0.3, -0.25) is 9.90 Å². The molecule has 5 atom stereocenters. The number of aliphatic hydroxyl groups is 1. The summed E-state index contributed by atoms with van der Waals surface area (Å²) in [6.07, 6.45) is 12.9. The number of aliphatic hydroxyl groups excluding tert-OH is 1. The largest absolute Gasteiger partial charge is 0.493 e. The molecule has 1 N–H and O–H groups in total. The lowest BCUT2D eigenvalue weighted by atomic mass is 9.60. The molecule has 2 unspecified atom stereocenters. The first-order chi connectivity index (χ1) is 12.0. The number of nitrogens with zero attached hydrogens (tertiary/aromatic N) is 1. The minimum absolute atomic E-state index is 0.00578. The average Bonchev–Trinajstić information content (AvgIpc) is 2.80. The van der Waals surface area contributed by atoms with Gasteiger partial charge in [0, 0.05) is 18.5 Å². The molecule has 0 amide bonds. The lowest BCUT2D eigenvalue weighted by molar-refractivity contribution is -0.0967. The summed E-state index contributed by atoms with van der Waals surface area (Å²) in [6, 6.07) is 0. The first-order valence-corrected chi connectivity index (χ1v) is 9.73. The quantitative estimate of drug-likeness (QED) is 0.787. The maximum atomic E-state index is 10.3. The zero-order valence-electron chi connectivity index (χ0n) is 15.7. The molecule has 0 aromatic heterocycles. The van der Waals surface area contributed by atoms with Gasteiger partial charge in [-0.15, -0.1) is 0 Å². The van der Waals surface area contributed by atoms with E-state index in [4.69, 9.17) is 9.57 Å². The summed E-state index contributed by atoms with van der Waals surface area (Å²) in [6.45, 7) is 5.17. The third kappa shape index (κ3) is 2.93. The van der Waals surface area contributed by atoms with Crippen molar-refractivity contribution in [1.29, 1.82) is 0 Å². The van der Waals surface area contributed by atoms with Crippen LogP contribution in [0.2, 0.25) is 0 Å². The van der Waals surface area contributed by atoms with Crippen molar-refractivity contribution in [2.45, 2.75) is 64.6 Å². The van der Waals surface area contributed by atoms with Gasteiger partial charge in [0.05, 0.1) is 30.9 Å². The van der Waals surface area contributed by atoms with E-state index in [9.17, 15) is 5.11 Å². The van der Waals surface area contributed by atoms with Crippen LogP contribution in [0.3, 0.4) is 0 Å². The fourth-order valence-corrected chi connectivity index (χ4v) is 5.47. The maximum Gasteiger partial charge on any atom is 0.111 e. The maximum absolute atomic E-state index is 10.3. The van der Waals surface area contributed by atoms with Gasteiger partial charge in [0.25, 0.3) is 0 Å². The van der Waals surface area contributed by atoms with Gasteiger partial charge in [-0.25, -0.2) is 0 Å². The average molecular weight is 345 g/mol. The summed E-state index contributed by atoms with van der Waals surface area (Å²) in [4.78, 5) is 5.54. The highest BCUT2D eigenvalue weighted by Crippen LogP contribution is 2.59. The van der Waals surface area contributed by atoms with Crippen molar-refractivity contribution >= 4 is 0 Å². The van der Waals surface area contributed by atoms with Crippen LogP contribution in [-0.2, 0) is 9.57 Å². The molecule has 4 aliphatic rings. The van der Waals surface area contributed by atoms with Crippen LogP contribution < -0.4 is 0 Å². The van der Waals surface area contributed by atoms with E-state index in [1.807, 2.05) is 5.06 Å². The Hall–Kier alpha value is -1.26. The first-order valence-electron chi connectivity index (χ1n) is 9.73. The molecule has 25 heavy (non-hydrogen) atoms. The highest BCUT2D eigenvalue weighted by Gasteiger charge is 2.56. The van der Waals surface area contributed by atoms with Crippen LogP contribution in [0.5, 0.6) is 0 Å². The lowest BCUT2D eigenvalue weighted by Gasteiger charge is -2.42. The molecule has 4 heteroatoms. The standard InChI is InChI=1S/C21H31NO3/c1-14(2)4-5-15-6-7-19-21(12-15)8-9-22(24-3)13-16-10-17(23)11-18(25-19)20(16)21/h4,8-9,15-17,19,23H,5-7,10-13H2,1-3H3/t15?,16-,17+,19+,21?/m1/s1. The molecular weight excluding hydrogens is 314 g/mol. The molecule has 0 saturated heterocycles. The van der Waals surface area contributed by atoms with Gasteiger partial charge in [0.2, 0.25) is 0 Å². The summed E-state index contributed by atoms with van der Waals surface area (Å²) in [5.41, 5.74) is 2.88. The number of hydrogen-bond donors (Lipinski definition) is 1. The van der Waals surface area contributed by atoms with Gasteiger partial charge in [0.15, 0.2) is 0 Å². The van der Waals surface area contributed by atoms with Gasteiger partial charge in [-0.05, 0) is 57.4 Å². The molecule has 2 aliphatic heterocycles. The minimum Gasteiger partial charge on any atom is -0.493 e. The molecule has 4 rings (SSSR count). The summed E-state index contributed by atoms with van der Waals surface area (Å²) in [5.74, 6) is 2.10. The summed E-state index contributed by atoms with van der Waals surface area (Å²) in [7, 11) is 1.73. The number of hydroxylamine groups is 2. The van der Waals surface area contributed by atoms with E-state index >= 15 is 0 Å². The molecule has 1 fully saturated rings. The summed E-state index contributed by atoms with van der Waals surface area (Å²) in [5, 5.41) is 12.3. The Labute approximate surface area is 151 Å². The van der Waals surface area contributed by atoms with E-state index in [1.165, 1.54) is 17.6 Å². The normalized spacial score (nSPS) is 39.4. The van der Waals surface area contributed by atoms with Crippen molar-refractivity contribution in [3.63, 3.8) is 0 Å². The van der Waals surface area contributed by atoms with Crippen LogP contribution in [0.4, 0.5) is 0 Å². The number of hydrogen-bond acceptors (Lipinski definition) is 4. The third-order valence-electron chi connectivity index (χ3n) is 6.54. The molecule has 0 bridgehead atoms. The zero-order chi connectivity index (χ0) is 17.6. The number of rotatable bonds is 3. The van der Waals surface area contributed by atoms with Gasteiger partial charge < -0.3 is 9.84 Å². The van der Waals surface area contributed by atoms with E-state index in [-0.39, 0.29) is 17.6 Å². The van der Waals surface area contributed by atoms with Crippen molar-refractivity contribution in [3.05, 3.63) is 35.3 Å². The van der Waals surface area contributed by atoms with Crippen molar-refractivity contribution < 1.29 is 14.7 Å². The molecule has 1 saturated carbocycles. The molecule has 138 valence electrons. The topological polar surface area (TPSA) is 41.9 Å². The van der Waals surface area contributed by atoms with Crippen LogP contribution in [0.15, 0.2) is 35.3 Å². The van der Waals surface area contributed by atoms with Crippen LogP contribution in [-0.4, -0.2) is 36.0 Å². The first kappa shape index (κ1) is 17.2. The van der Waals surface area contributed by atoms with Crippen molar-refractivity contribution in [2.75, 3.05) is 13.7 Å². The van der Waals surface area contributed by atoms with Gasteiger partial charge in [0.1, 0.15) is 6.10 Å². The lowest BCUT2D eigenvalue weighted by Crippen LogP contribution is -2.41. The van der Waals surface area contributed by atoms with Crippen molar-refractivity contribution in [2.24, 2.45) is 17.3 Å². The minimum atomic E-state index is -0.292. The monoisotopic (exact) mass is 345 g/mol. The molecule has 4 nitrogen and oxygen atoms in total. The highest BCUT2D eigenvalue weighted by atomic mass is 16.7. The van der Waals surface area contributed by atoms with Crippen LogP contribution in [0.25, 0.3) is 0 Å². The molecule has 0 radical (unpaired) electrons. The van der Waals surface area contributed by atoms with Gasteiger partial charge in [-0.1, -0.05) is 17.7 Å². The fourth-order valence-electron chi connectivity index (χ4n) is 5.47. The molecular formula is C21H31NO3. The Morgan fingerprint density at radius 1 is 1.44 bits per heavy atom. The number of allylic oxidation sites excluding steroid dienone is 2. The van der Waals surface area contributed by atoms with Crippen molar-refractivity contribution in [3.8, 4) is 0 Å². The van der Waals surface area contributed by atoms with E-state index in [0.717, 1.165) is 38.0 Å². The third-order valence-corrected chi connectivity index (χ3v) is 6.54. The van der Waals surface area contributed by atoms with E-state index in [0.29, 0.717) is 18.3 Å². The Morgan fingerprint density at radius 2 is 2.28 bits per heavy atom. The number of ether oxygens (including phenoxy) is 1. The Kier molecular flexibility index (Phi) is 4.45. The SMILES string of the molecule is CON1C=CC23CC(CC=C(C)C)CC[C@@H]2OC2=C3[C@H](C[C@H](O)C2)C1. The smallest absolute Gasteiger partial charge is 0.111 e. The second-order valence-electron chi connectivity index (χ2n) is 8.54. The predicted octanol–water partition coefficient (Wildman–Crippen LogP) is 3.94. The second kappa shape index (κ2) is 6.48. The summed E-state index contributed by atoms with van der Waals surface area (Å²) >= 11 is 0. The van der Waals surface area contributed by atoms with E-state index in [2.05, 4.69) is 32.2 Å². The Bertz CT molecular complexity index is 619. The van der Waals surface area contributed by atoms with E-state index in [1.54, 1.807) is 7.11 Å².